The largest absolute Gasteiger partial charge is 0.316 e. The molecule has 0 saturated carbocycles. The molecular weight excluding hydrogens is 295 g/mol. The van der Waals surface area contributed by atoms with Gasteiger partial charge in [0, 0.05) is 18.0 Å². The van der Waals surface area contributed by atoms with Crippen molar-refractivity contribution < 1.29 is 4.39 Å². The first-order valence-electron chi connectivity index (χ1n) is 7.22. The second kappa shape index (κ2) is 6.44. The lowest BCUT2D eigenvalue weighted by Crippen LogP contribution is -2.40. The number of hydrogen-bond donors (Lipinski definition) is 0. The molecule has 0 aliphatic rings. The van der Waals surface area contributed by atoms with Crippen molar-refractivity contribution in [1.82, 2.24) is 9.13 Å². The van der Waals surface area contributed by atoms with Crippen LogP contribution in [-0.2, 0) is 13.1 Å². The van der Waals surface area contributed by atoms with Crippen LogP contribution in [0.2, 0.25) is 0 Å². The molecule has 1 heterocycles. The fourth-order valence-electron chi connectivity index (χ4n) is 2.38. The maximum absolute atomic E-state index is 13.7. The molecule has 116 valence electrons. The van der Waals surface area contributed by atoms with E-state index in [4.69, 9.17) is 0 Å². The van der Waals surface area contributed by atoms with Gasteiger partial charge in [-0.2, -0.15) is 0 Å². The van der Waals surface area contributed by atoms with Gasteiger partial charge in [0.15, 0.2) is 0 Å². The predicted octanol–water partition coefficient (Wildman–Crippen LogP) is 2.25. The van der Waals surface area contributed by atoms with Crippen molar-refractivity contribution in [3.05, 3.63) is 105 Å². The Bertz CT molecular complexity index is 929. The number of benzene rings is 2. The Balaban J connectivity index is 1.91. The summed E-state index contributed by atoms with van der Waals surface area (Å²) >= 11 is 0. The fourth-order valence-corrected chi connectivity index (χ4v) is 2.38. The third kappa shape index (κ3) is 3.29. The number of hydrogen-bond acceptors (Lipinski definition) is 2. The highest BCUT2D eigenvalue weighted by Gasteiger charge is 2.08. The molecular formula is C18H15FN2O2. The molecule has 0 N–H and O–H groups in total. The van der Waals surface area contributed by atoms with Crippen LogP contribution in [0.25, 0.3) is 0 Å². The van der Waals surface area contributed by atoms with Gasteiger partial charge >= 0.3 is 11.1 Å². The average Bonchev–Trinajstić information content (AvgIpc) is 2.57. The second-order valence-electron chi connectivity index (χ2n) is 5.24. The molecule has 2 aromatic carbocycles. The first-order chi connectivity index (χ1) is 11.1. The van der Waals surface area contributed by atoms with Gasteiger partial charge < -0.3 is 9.13 Å². The number of halogens is 1. The Morgan fingerprint density at radius 1 is 0.739 bits per heavy atom. The molecule has 0 aliphatic heterocycles. The first kappa shape index (κ1) is 15.0. The normalized spacial score (nSPS) is 10.7. The Morgan fingerprint density at radius 3 is 1.96 bits per heavy atom. The Hall–Kier alpha value is -2.95. The second-order valence-corrected chi connectivity index (χ2v) is 5.24. The Morgan fingerprint density at radius 2 is 1.30 bits per heavy atom. The summed E-state index contributed by atoms with van der Waals surface area (Å²) in [7, 11) is 0. The predicted molar refractivity (Wildman–Crippen MR) is 86.0 cm³/mol. The zero-order chi connectivity index (χ0) is 16.2. The van der Waals surface area contributed by atoms with E-state index < -0.39 is 16.9 Å². The van der Waals surface area contributed by atoms with Gasteiger partial charge in [-0.05, 0) is 11.6 Å². The highest BCUT2D eigenvalue weighted by molar-refractivity contribution is 5.18. The van der Waals surface area contributed by atoms with Crippen molar-refractivity contribution in [3.63, 3.8) is 0 Å². The van der Waals surface area contributed by atoms with Crippen LogP contribution in [0.5, 0.6) is 0 Å². The molecule has 4 nitrogen and oxygen atoms in total. The lowest BCUT2D eigenvalue weighted by molar-refractivity contribution is 0.589. The van der Waals surface area contributed by atoms with Gasteiger partial charge in [-0.25, -0.2) is 4.39 Å². The fraction of sp³-hybridized carbons (Fsp3) is 0.111. The van der Waals surface area contributed by atoms with Crippen LogP contribution in [0.15, 0.2) is 76.6 Å². The van der Waals surface area contributed by atoms with Crippen LogP contribution in [-0.4, -0.2) is 9.13 Å². The highest BCUT2D eigenvalue weighted by Crippen LogP contribution is 2.07. The molecule has 0 saturated heterocycles. The smallest absolute Gasteiger partial charge is 0.305 e. The highest BCUT2D eigenvalue weighted by atomic mass is 19.1. The first-order valence-corrected chi connectivity index (χ1v) is 7.22. The van der Waals surface area contributed by atoms with Gasteiger partial charge in [-0.3, -0.25) is 9.59 Å². The molecule has 1 aromatic heterocycles. The minimum absolute atomic E-state index is 0.0346. The van der Waals surface area contributed by atoms with Crippen molar-refractivity contribution in [2.45, 2.75) is 13.1 Å². The molecule has 0 bridgehead atoms. The van der Waals surface area contributed by atoms with Crippen LogP contribution in [0.4, 0.5) is 4.39 Å². The van der Waals surface area contributed by atoms with Crippen molar-refractivity contribution in [1.29, 1.82) is 0 Å². The maximum Gasteiger partial charge on any atom is 0.316 e. The van der Waals surface area contributed by atoms with E-state index in [0.29, 0.717) is 12.1 Å². The van der Waals surface area contributed by atoms with E-state index in [1.54, 1.807) is 24.4 Å². The van der Waals surface area contributed by atoms with Gasteiger partial charge in [0.05, 0.1) is 13.1 Å². The minimum atomic E-state index is -0.660. The van der Waals surface area contributed by atoms with Crippen molar-refractivity contribution in [2.75, 3.05) is 0 Å². The van der Waals surface area contributed by atoms with Crippen molar-refractivity contribution in [2.24, 2.45) is 0 Å². The molecule has 0 spiro atoms. The van der Waals surface area contributed by atoms with E-state index >= 15 is 0 Å². The van der Waals surface area contributed by atoms with Gasteiger partial charge in [0.25, 0.3) is 0 Å². The molecule has 5 heteroatoms. The van der Waals surface area contributed by atoms with E-state index in [1.807, 2.05) is 30.3 Å². The summed E-state index contributed by atoms with van der Waals surface area (Å²) in [5.74, 6) is -0.395. The zero-order valence-corrected chi connectivity index (χ0v) is 12.4. The lowest BCUT2D eigenvalue weighted by atomic mass is 10.2. The number of rotatable bonds is 4. The molecule has 3 aromatic rings. The van der Waals surface area contributed by atoms with E-state index in [1.165, 1.54) is 21.4 Å². The molecule has 0 atom stereocenters. The van der Waals surface area contributed by atoms with Gasteiger partial charge in [0.1, 0.15) is 5.82 Å². The lowest BCUT2D eigenvalue weighted by Gasteiger charge is -2.09. The number of aromatic nitrogens is 2. The van der Waals surface area contributed by atoms with Crippen LogP contribution >= 0.6 is 0 Å². The van der Waals surface area contributed by atoms with Crippen LogP contribution in [0, 0.1) is 5.82 Å². The molecule has 0 unspecified atom stereocenters. The van der Waals surface area contributed by atoms with Crippen LogP contribution in [0.1, 0.15) is 11.1 Å². The summed E-state index contributed by atoms with van der Waals surface area (Å²) in [6.07, 6.45) is 3.07. The molecule has 0 radical (unpaired) electrons. The molecule has 0 fully saturated rings. The molecule has 3 rings (SSSR count). The van der Waals surface area contributed by atoms with Crippen LogP contribution in [0.3, 0.4) is 0 Å². The Kier molecular flexibility index (Phi) is 4.19. The molecule has 0 amide bonds. The SMILES string of the molecule is O=c1c(=O)n(Cc2ccccc2F)ccn1Cc1ccccc1. The third-order valence-corrected chi connectivity index (χ3v) is 3.63. The average molecular weight is 310 g/mol. The molecule has 0 aliphatic carbocycles. The minimum Gasteiger partial charge on any atom is -0.305 e. The Labute approximate surface area is 132 Å². The molecule has 23 heavy (non-hydrogen) atoms. The van der Waals surface area contributed by atoms with E-state index in [9.17, 15) is 14.0 Å². The van der Waals surface area contributed by atoms with E-state index in [-0.39, 0.29) is 6.54 Å². The van der Waals surface area contributed by atoms with Gasteiger partial charge in [-0.1, -0.05) is 48.5 Å². The van der Waals surface area contributed by atoms with Crippen molar-refractivity contribution in [3.8, 4) is 0 Å². The summed E-state index contributed by atoms with van der Waals surface area (Å²) in [6.45, 7) is 0.363. The van der Waals surface area contributed by atoms with E-state index in [2.05, 4.69) is 0 Å². The summed E-state index contributed by atoms with van der Waals surface area (Å²) in [6, 6.07) is 15.6. The summed E-state index contributed by atoms with van der Waals surface area (Å²) in [5, 5.41) is 0. The quantitative estimate of drug-likeness (QED) is 0.694. The summed E-state index contributed by atoms with van der Waals surface area (Å²) in [5.41, 5.74) is 0.0232. The monoisotopic (exact) mass is 310 g/mol. The summed E-state index contributed by atoms with van der Waals surface area (Å²) < 4.78 is 16.3. The zero-order valence-electron chi connectivity index (χ0n) is 12.4. The van der Waals surface area contributed by atoms with E-state index in [0.717, 1.165) is 5.56 Å². The van der Waals surface area contributed by atoms with Crippen LogP contribution < -0.4 is 11.1 Å². The topological polar surface area (TPSA) is 44.0 Å². The maximum atomic E-state index is 13.7. The van der Waals surface area contributed by atoms with Gasteiger partial charge in [-0.15, -0.1) is 0 Å². The van der Waals surface area contributed by atoms with Crippen molar-refractivity contribution >= 4 is 0 Å². The third-order valence-electron chi connectivity index (χ3n) is 3.63. The standard InChI is InChI=1S/C18H15FN2O2/c19-16-9-5-4-8-15(16)13-21-11-10-20(17(22)18(21)23)12-14-6-2-1-3-7-14/h1-11H,12-13H2. The van der Waals surface area contributed by atoms with Gasteiger partial charge in [0.2, 0.25) is 0 Å². The number of nitrogens with zero attached hydrogens (tertiary/aromatic N) is 2. The summed E-state index contributed by atoms with van der Waals surface area (Å²) in [4.78, 5) is 24.4.